The van der Waals surface area contributed by atoms with E-state index in [4.69, 9.17) is 10.3 Å². The summed E-state index contributed by atoms with van der Waals surface area (Å²) in [5.74, 6) is 1.08. The minimum absolute atomic E-state index is 0.0171. The van der Waals surface area contributed by atoms with E-state index in [-0.39, 0.29) is 31.5 Å². The molecule has 2 aliphatic rings. The molecule has 2 fully saturated rings. The molecule has 0 radical (unpaired) electrons. The van der Waals surface area contributed by atoms with Gasteiger partial charge in [-0.2, -0.15) is 0 Å². The lowest BCUT2D eigenvalue weighted by atomic mass is 9.79. The van der Waals surface area contributed by atoms with Crippen molar-refractivity contribution < 1.29 is 16.8 Å². The molecule has 2 heterocycles. The second-order valence-corrected chi connectivity index (χ2v) is 27.7. The van der Waals surface area contributed by atoms with Gasteiger partial charge in [-0.15, -0.1) is 0 Å². The van der Waals surface area contributed by atoms with Crippen molar-refractivity contribution in [2.45, 2.75) is 192 Å². The first-order valence-corrected chi connectivity index (χ1v) is 28.1. The highest BCUT2D eigenvalue weighted by Gasteiger charge is 2.32. The minimum atomic E-state index is -3.91. The summed E-state index contributed by atoms with van der Waals surface area (Å²) in [4.78, 5) is 0.290. The molecule has 0 aliphatic heterocycles. The van der Waals surface area contributed by atoms with Crippen molar-refractivity contribution in [2.75, 3.05) is 0 Å². The molecule has 2 aromatic heterocycles. The molecule has 4 aromatic rings. The second kappa shape index (κ2) is 19.5. The van der Waals surface area contributed by atoms with Gasteiger partial charge in [0, 0.05) is 13.1 Å². The van der Waals surface area contributed by atoms with Crippen molar-refractivity contribution in [1.29, 1.82) is 0 Å². The quantitative estimate of drug-likeness (QED) is 0.182. The number of primary sulfonamides is 2. The lowest BCUT2D eigenvalue weighted by Gasteiger charge is -2.27. The van der Waals surface area contributed by atoms with Gasteiger partial charge in [-0.3, -0.25) is 0 Å². The molecule has 2 saturated carbocycles. The van der Waals surface area contributed by atoms with E-state index in [0.717, 1.165) is 35.6 Å². The normalized spacial score (nSPS) is 16.6. The topological polar surface area (TPSA) is 130 Å². The first-order chi connectivity index (χ1) is 28.8. The van der Waals surface area contributed by atoms with Crippen LogP contribution in [0.3, 0.4) is 0 Å². The average Bonchev–Trinajstić information content (AvgIpc) is 3.62. The summed E-state index contributed by atoms with van der Waals surface area (Å²) in [5.41, 5.74) is 8.68. The van der Waals surface area contributed by atoms with Crippen molar-refractivity contribution >= 4 is 67.8 Å². The Labute approximate surface area is 405 Å². The maximum Gasteiger partial charge on any atom is 0.241 e. The van der Waals surface area contributed by atoms with Crippen LogP contribution in [0.15, 0.2) is 65.9 Å². The Hall–Kier alpha value is -1.74. The number of sulfonamides is 2. The maximum absolute atomic E-state index is 12.5. The predicted octanol–water partition coefficient (Wildman–Crippen LogP) is 14.2. The highest BCUT2D eigenvalue weighted by molar-refractivity contribution is 9.11. The summed E-state index contributed by atoms with van der Waals surface area (Å²) in [6.07, 6.45) is 12.2. The molecule has 0 bridgehead atoms. The summed E-state index contributed by atoms with van der Waals surface area (Å²) >= 11 is 10.8. The lowest BCUT2D eigenvalue weighted by molar-refractivity contribution is 0.318. The van der Waals surface area contributed by atoms with E-state index in [2.05, 4.69) is 176 Å². The number of rotatable bonds is 8. The summed E-state index contributed by atoms with van der Waals surface area (Å²) in [7, 11) is -7.74. The number of aromatic nitrogens is 2. The fraction of sp³-hybridized carbons (Fsp3) is 0.600. The largest absolute Gasteiger partial charge is 0.334 e. The van der Waals surface area contributed by atoms with Crippen LogP contribution >= 0.6 is 47.8 Å². The van der Waals surface area contributed by atoms with Gasteiger partial charge in [0.25, 0.3) is 0 Å². The van der Waals surface area contributed by atoms with Crippen molar-refractivity contribution in [3.8, 4) is 22.5 Å². The third kappa shape index (κ3) is 12.8. The van der Waals surface area contributed by atoms with E-state index in [9.17, 15) is 16.8 Å². The van der Waals surface area contributed by atoms with Crippen molar-refractivity contribution in [2.24, 2.45) is 22.1 Å². The van der Waals surface area contributed by atoms with Gasteiger partial charge in [0.05, 0.1) is 15.9 Å². The summed E-state index contributed by atoms with van der Waals surface area (Å²) < 4.78 is 55.6. The van der Waals surface area contributed by atoms with Crippen LogP contribution in [0, 0.1) is 11.8 Å². The zero-order chi connectivity index (χ0) is 47.2. The Bertz CT molecular complexity index is 2440. The molecule has 350 valence electrons. The molecule has 2 aliphatic carbocycles. The molecule has 4 N–H and O–H groups in total. The van der Waals surface area contributed by atoms with E-state index in [0.29, 0.717) is 25.5 Å². The standard InChI is InChI=1S/C25H36Br2N2O2S.C25H37BrN2O2S/c1-24(2,3)18-12-17(13-19(14-18)25(4,5)6)21-20(26)22(32(28,30)31)23(27)29(21)15-16-10-8-7-9-11-16;1-24(2,3)19-12-18(13-20(14-19)25(4,5)6)21-15-22(31(27,29)30)23(26)28(21)16-17-10-8-7-9-11-17/h12-14,16H,7-11,15H2,1-6H3,(H2,28,30,31);12-15,17H,7-11,16H2,1-6H3,(H2,27,29,30). The summed E-state index contributed by atoms with van der Waals surface area (Å²) in [6, 6.07) is 15.1. The van der Waals surface area contributed by atoms with Gasteiger partial charge in [-0.1, -0.05) is 134 Å². The van der Waals surface area contributed by atoms with Crippen molar-refractivity contribution in [3.63, 3.8) is 0 Å². The van der Waals surface area contributed by atoms with Crippen LogP contribution in [0.25, 0.3) is 22.5 Å². The van der Waals surface area contributed by atoms with Crippen LogP contribution in [-0.2, 0) is 54.8 Å². The minimum Gasteiger partial charge on any atom is -0.334 e. The average molecular weight is 1100 g/mol. The Balaban J connectivity index is 0.000000238. The van der Waals surface area contributed by atoms with E-state index >= 15 is 0 Å². The fourth-order valence-electron chi connectivity index (χ4n) is 8.88. The molecular formula is C50H73Br3N4O4S2. The maximum atomic E-state index is 12.5. The Morgan fingerprint density at radius 2 is 0.873 bits per heavy atom. The Kier molecular flexibility index (Phi) is 16.1. The number of hydrogen-bond acceptors (Lipinski definition) is 4. The zero-order valence-corrected chi connectivity index (χ0v) is 46.2. The lowest BCUT2D eigenvalue weighted by Crippen LogP contribution is -2.18. The highest BCUT2D eigenvalue weighted by atomic mass is 79.9. The highest BCUT2D eigenvalue weighted by Crippen LogP contribution is 2.45. The smallest absolute Gasteiger partial charge is 0.241 e. The van der Waals surface area contributed by atoms with E-state index in [1.165, 1.54) is 86.5 Å². The van der Waals surface area contributed by atoms with Crippen LogP contribution in [-0.4, -0.2) is 26.0 Å². The molecule has 13 heteroatoms. The number of nitrogens with two attached hydrogens (primary N) is 2. The first-order valence-electron chi connectivity index (χ1n) is 22.6. The first kappa shape index (κ1) is 52.2. The SMILES string of the molecule is CC(C)(C)c1cc(-c2c(Br)c(S(N)(=O)=O)c(Br)n2CC2CCCCC2)cc(C(C)(C)C)c1.CC(C)(C)c1cc(-c2cc(S(N)(=O)=O)c(Br)n2CC2CCCCC2)cc(C(C)(C)C)c1. The van der Waals surface area contributed by atoms with Crippen LogP contribution in [0.4, 0.5) is 0 Å². The number of halogens is 3. The molecule has 0 unspecified atom stereocenters. The van der Waals surface area contributed by atoms with Crippen LogP contribution < -0.4 is 10.3 Å². The third-order valence-corrected chi connectivity index (χ3v) is 18.1. The van der Waals surface area contributed by atoms with Gasteiger partial charge < -0.3 is 9.13 Å². The second-order valence-electron chi connectivity index (χ2n) is 22.4. The molecule has 0 amide bonds. The van der Waals surface area contributed by atoms with Crippen LogP contribution in [0.2, 0.25) is 0 Å². The third-order valence-electron chi connectivity index (χ3n) is 12.9. The van der Waals surface area contributed by atoms with E-state index in [1.807, 2.05) is 0 Å². The Morgan fingerprint density at radius 3 is 1.22 bits per heavy atom. The molecule has 2 aromatic carbocycles. The monoisotopic (exact) mass is 1090 g/mol. The Morgan fingerprint density at radius 1 is 0.508 bits per heavy atom. The molecule has 63 heavy (non-hydrogen) atoms. The number of benzene rings is 2. The van der Waals surface area contributed by atoms with Gasteiger partial charge in [-0.25, -0.2) is 27.1 Å². The van der Waals surface area contributed by atoms with E-state index < -0.39 is 20.0 Å². The number of hydrogen-bond donors (Lipinski definition) is 2. The summed E-state index contributed by atoms with van der Waals surface area (Å²) in [5, 5.41) is 11.2. The van der Waals surface area contributed by atoms with Gasteiger partial charge >= 0.3 is 0 Å². The van der Waals surface area contributed by atoms with Crippen LogP contribution in [0.1, 0.15) is 170 Å². The molecule has 0 spiro atoms. The molecule has 0 atom stereocenters. The molecule has 0 saturated heterocycles. The molecule has 6 rings (SSSR count). The van der Waals surface area contributed by atoms with Crippen LogP contribution in [0.5, 0.6) is 0 Å². The van der Waals surface area contributed by atoms with Gasteiger partial charge in [0.2, 0.25) is 20.0 Å². The molecular weight excluding hydrogens is 1020 g/mol. The summed E-state index contributed by atoms with van der Waals surface area (Å²) in [6.45, 7) is 28.1. The zero-order valence-electron chi connectivity index (χ0n) is 39.8. The van der Waals surface area contributed by atoms with Gasteiger partial charge in [0.1, 0.15) is 19.0 Å². The predicted molar refractivity (Wildman–Crippen MR) is 274 cm³/mol. The van der Waals surface area contributed by atoms with E-state index in [1.54, 1.807) is 6.07 Å². The van der Waals surface area contributed by atoms with Gasteiger partial charge in [0.15, 0.2) is 0 Å². The van der Waals surface area contributed by atoms with Crippen molar-refractivity contribution in [3.05, 3.63) is 78.4 Å². The van der Waals surface area contributed by atoms with Gasteiger partial charge in [-0.05, 0) is 171 Å². The fourth-order valence-corrected chi connectivity index (χ4v) is 14.1. The van der Waals surface area contributed by atoms with Crippen molar-refractivity contribution in [1.82, 2.24) is 9.13 Å². The number of nitrogens with zero attached hydrogens (tertiary/aromatic N) is 2. The molecule has 8 nitrogen and oxygen atoms in total.